The zero-order valence-electron chi connectivity index (χ0n) is 42.3. The van der Waals surface area contributed by atoms with Crippen molar-refractivity contribution in [3.8, 4) is 0 Å². The molecule has 0 aromatic heterocycles. The third-order valence-electron chi connectivity index (χ3n) is 12.9. The summed E-state index contributed by atoms with van der Waals surface area (Å²) in [6.07, 6.45) is 30.9. The van der Waals surface area contributed by atoms with Crippen molar-refractivity contribution in [1.82, 2.24) is 14.7 Å². The van der Waals surface area contributed by atoms with E-state index in [1.165, 1.54) is 154 Å². The SMILES string of the molecule is CCCCC(CC)CN(CC(CC)CCCC)C(=S)[S-].CCCCC(CC)CN(CC(CC)CCCC)C(=S)[S-].CCCCC(CC)CN(CC(CC)CCCC)C(=S)[S-].[Ni+3]. The van der Waals surface area contributed by atoms with E-state index in [0.29, 0.717) is 13.0 Å². The molecule has 367 valence electrons. The normalized spacial score (nSPS) is 13.8. The van der Waals surface area contributed by atoms with Crippen LogP contribution in [0.3, 0.4) is 0 Å². The maximum absolute atomic E-state index is 5.32. The van der Waals surface area contributed by atoms with Crippen molar-refractivity contribution in [2.75, 3.05) is 39.3 Å². The first-order chi connectivity index (χ1) is 28.7. The van der Waals surface area contributed by atoms with E-state index in [9.17, 15) is 0 Å². The molecule has 0 bridgehead atoms. The van der Waals surface area contributed by atoms with Gasteiger partial charge in [-0.25, -0.2) is 0 Å². The molecule has 61 heavy (non-hydrogen) atoms. The summed E-state index contributed by atoms with van der Waals surface area (Å²) in [5.41, 5.74) is 0. The number of unbranched alkanes of at least 4 members (excludes halogenated alkanes) is 6. The fourth-order valence-electron chi connectivity index (χ4n) is 8.04. The van der Waals surface area contributed by atoms with Crippen molar-refractivity contribution >= 4 is 87.5 Å². The zero-order chi connectivity index (χ0) is 46.1. The zero-order valence-corrected chi connectivity index (χ0v) is 48.2. The Morgan fingerprint density at radius 3 is 0.525 bits per heavy atom. The molecule has 3 nitrogen and oxygen atoms in total. The Kier molecular flexibility index (Phi) is 54.7. The van der Waals surface area contributed by atoms with Crippen LogP contribution in [0.15, 0.2) is 0 Å². The monoisotopic (exact) mass is 1010 g/mol. The second-order valence-corrected chi connectivity index (χ2v) is 21.1. The van der Waals surface area contributed by atoms with Crippen molar-refractivity contribution in [2.45, 2.75) is 237 Å². The standard InChI is InChI=1S/3C17H35NS2.Ni/c3*1-5-9-11-15(7-3)13-18(17(19)20)14-16(8-4)12-10-6-2;/h3*15-16H,5-14H2,1-4H3,(H,19,20);/q;;;+3/p-3. The fourth-order valence-corrected chi connectivity index (χ4v) is 8.94. The number of nitrogens with zero attached hydrogens (tertiary/aromatic N) is 3. The fraction of sp³-hybridized carbons (Fsp3) is 0.941. The summed E-state index contributed by atoms with van der Waals surface area (Å²) in [6, 6.07) is 0. The van der Waals surface area contributed by atoms with Crippen molar-refractivity contribution in [2.24, 2.45) is 35.5 Å². The molecule has 1 radical (unpaired) electrons. The van der Waals surface area contributed by atoms with E-state index in [1.807, 2.05) is 0 Å². The molecule has 0 aliphatic carbocycles. The molecule has 0 amide bonds. The van der Waals surface area contributed by atoms with Crippen molar-refractivity contribution in [1.29, 1.82) is 0 Å². The minimum atomic E-state index is 0. The van der Waals surface area contributed by atoms with Gasteiger partial charge in [0, 0.05) is 39.3 Å². The number of hydrogen-bond acceptors (Lipinski definition) is 6. The molecule has 0 saturated heterocycles. The van der Waals surface area contributed by atoms with Crippen LogP contribution in [-0.2, 0) is 54.4 Å². The van der Waals surface area contributed by atoms with Gasteiger partial charge < -0.3 is 89.2 Å². The second kappa shape index (κ2) is 48.7. The molecule has 6 unspecified atom stereocenters. The summed E-state index contributed by atoms with van der Waals surface area (Å²) in [7, 11) is 0. The van der Waals surface area contributed by atoms with E-state index in [4.69, 9.17) is 74.5 Å². The number of rotatable bonds is 36. The Morgan fingerprint density at radius 1 is 0.311 bits per heavy atom. The molecule has 0 aliphatic rings. The van der Waals surface area contributed by atoms with E-state index in [1.54, 1.807) is 0 Å². The van der Waals surface area contributed by atoms with Gasteiger partial charge >= 0.3 is 16.5 Å². The summed E-state index contributed by atoms with van der Waals surface area (Å²) < 4.78 is 2.03. The van der Waals surface area contributed by atoms with Crippen molar-refractivity contribution in [3.05, 3.63) is 0 Å². The van der Waals surface area contributed by atoms with Gasteiger partial charge in [-0.3, -0.25) is 0 Å². The first kappa shape index (κ1) is 68.4. The summed E-state index contributed by atoms with van der Waals surface area (Å²) in [5.74, 6) is 4.50. The minimum Gasteiger partial charge on any atom is -0.411 e. The first-order valence-corrected chi connectivity index (χ1v) is 28.1. The smallest absolute Gasteiger partial charge is 0.411 e. The van der Waals surface area contributed by atoms with Gasteiger partial charge in [0.25, 0.3) is 0 Å². The van der Waals surface area contributed by atoms with Crippen LogP contribution in [0, 0.1) is 35.5 Å². The van der Waals surface area contributed by atoms with E-state index in [0.717, 1.165) is 74.8 Å². The molecular weight excluding hydrogens is 906 g/mol. The van der Waals surface area contributed by atoms with E-state index < -0.39 is 0 Å². The molecule has 0 saturated carbocycles. The molecule has 6 atom stereocenters. The Bertz CT molecular complexity index is 802. The molecule has 0 spiro atoms. The van der Waals surface area contributed by atoms with E-state index in [-0.39, 0.29) is 16.5 Å². The molecule has 10 heteroatoms. The average molecular weight is 1010 g/mol. The molecule has 0 N–H and O–H groups in total. The Hall–Kier alpha value is 0.824. The molecule has 0 rings (SSSR count). The van der Waals surface area contributed by atoms with Gasteiger partial charge in [-0.05, 0) is 74.0 Å². The van der Waals surface area contributed by atoms with Gasteiger partial charge in [0.05, 0.1) is 0 Å². The van der Waals surface area contributed by atoms with Gasteiger partial charge in [-0.1, -0.05) is 212 Å². The van der Waals surface area contributed by atoms with Gasteiger partial charge in [0.15, 0.2) is 0 Å². The van der Waals surface area contributed by atoms with Crippen LogP contribution in [0.4, 0.5) is 0 Å². The Morgan fingerprint density at radius 2 is 0.443 bits per heavy atom. The van der Waals surface area contributed by atoms with Crippen LogP contribution < -0.4 is 0 Å². The largest absolute Gasteiger partial charge is 3.00 e. The van der Waals surface area contributed by atoms with Gasteiger partial charge in [0.2, 0.25) is 0 Å². The molecule has 0 fully saturated rings. The summed E-state index contributed by atoms with van der Waals surface area (Å²) in [6.45, 7) is 33.8. The van der Waals surface area contributed by atoms with Gasteiger partial charge in [0.1, 0.15) is 0 Å². The maximum Gasteiger partial charge on any atom is 3.00 e. The topological polar surface area (TPSA) is 9.72 Å². The second-order valence-electron chi connectivity index (χ2n) is 18.0. The first-order valence-electron chi connectivity index (χ1n) is 25.6. The molecule has 0 aromatic carbocycles. The van der Waals surface area contributed by atoms with Crippen molar-refractivity contribution in [3.63, 3.8) is 0 Å². The van der Waals surface area contributed by atoms with Crippen LogP contribution in [-0.4, -0.2) is 66.9 Å². The maximum atomic E-state index is 5.32. The summed E-state index contributed by atoms with van der Waals surface area (Å²) in [5, 5.41) is 0. The van der Waals surface area contributed by atoms with Crippen LogP contribution in [0.2, 0.25) is 0 Å². The van der Waals surface area contributed by atoms with Crippen molar-refractivity contribution < 1.29 is 16.5 Å². The Labute approximate surface area is 427 Å². The third-order valence-corrected chi connectivity index (χ3v) is 14.5. The van der Waals surface area contributed by atoms with Gasteiger partial charge in [-0.2, -0.15) is 0 Å². The summed E-state index contributed by atoms with van der Waals surface area (Å²) >= 11 is 31.9. The molecule has 0 aliphatic heterocycles. The van der Waals surface area contributed by atoms with Crippen LogP contribution >= 0.6 is 36.7 Å². The van der Waals surface area contributed by atoms with Crippen LogP contribution in [0.25, 0.3) is 0 Å². The van der Waals surface area contributed by atoms with Crippen LogP contribution in [0.1, 0.15) is 237 Å². The summed E-state index contributed by atoms with van der Waals surface area (Å²) in [4.78, 5) is 6.91. The third kappa shape index (κ3) is 39.7. The molecule has 0 aromatic rings. The van der Waals surface area contributed by atoms with Gasteiger partial charge in [-0.15, -0.1) is 0 Å². The quantitative estimate of drug-likeness (QED) is 0.0342. The molecular formula is C51H102N3NiS6. The van der Waals surface area contributed by atoms with E-state index in [2.05, 4.69) is 97.8 Å². The van der Waals surface area contributed by atoms with Crippen LogP contribution in [0.5, 0.6) is 0 Å². The Balaban J connectivity index is -0.000000396. The minimum absolute atomic E-state index is 0. The predicted octanol–water partition coefficient (Wildman–Crippen LogP) is 16.7. The van der Waals surface area contributed by atoms with E-state index >= 15 is 0 Å². The average Bonchev–Trinajstić information content (AvgIpc) is 3.24. The number of thiocarbonyl (C=S) groups is 3. The predicted molar refractivity (Wildman–Crippen MR) is 294 cm³/mol. The molecule has 0 heterocycles. The number of hydrogen-bond donors (Lipinski definition) is 0.